The number of nitrogens with one attached hydrogen (secondary N) is 1. The van der Waals surface area contributed by atoms with Crippen LogP contribution in [0.1, 0.15) is 12.8 Å². The number of halogens is 1. The Morgan fingerprint density at radius 2 is 2.00 bits per heavy atom. The number of rotatable bonds is 3. The second kappa shape index (κ2) is 4.59. The molecular weight excluding hydrogens is 205 g/mol. The van der Waals surface area contributed by atoms with Crippen molar-refractivity contribution in [3.8, 4) is 0 Å². The molecule has 4 heteroatoms. The van der Waals surface area contributed by atoms with Gasteiger partial charge in [-0.15, -0.1) is 0 Å². The van der Waals surface area contributed by atoms with Crippen LogP contribution >= 0.6 is 0 Å². The Labute approximate surface area is 97.0 Å². The number of hydrogen-bond donors (Lipinski definition) is 1. The maximum Gasteiger partial charge on any atom is 0.113 e. The Morgan fingerprint density at radius 3 is 2.62 bits per heavy atom. The van der Waals surface area contributed by atoms with Crippen molar-refractivity contribution in [1.82, 2.24) is 15.1 Å². The van der Waals surface area contributed by atoms with Crippen molar-refractivity contribution >= 4 is 0 Å². The lowest BCUT2D eigenvalue weighted by Crippen LogP contribution is -2.63. The topological polar surface area (TPSA) is 18.5 Å². The monoisotopic (exact) mass is 227 g/mol. The molecule has 3 rings (SSSR count). The van der Waals surface area contributed by atoms with E-state index in [2.05, 4.69) is 15.1 Å². The van der Waals surface area contributed by atoms with Crippen LogP contribution in [-0.4, -0.2) is 67.8 Å². The quantitative estimate of drug-likeness (QED) is 0.749. The van der Waals surface area contributed by atoms with E-state index in [9.17, 15) is 4.39 Å². The van der Waals surface area contributed by atoms with Gasteiger partial charge >= 0.3 is 0 Å². The zero-order valence-electron chi connectivity index (χ0n) is 9.87. The van der Waals surface area contributed by atoms with Crippen molar-refractivity contribution in [3.63, 3.8) is 0 Å². The third kappa shape index (κ3) is 2.24. The second-order valence-corrected chi connectivity index (χ2v) is 5.63. The summed E-state index contributed by atoms with van der Waals surface area (Å²) in [5.74, 6) is 0.872. The highest BCUT2D eigenvalue weighted by molar-refractivity contribution is 4.92. The number of hydrogen-bond acceptors (Lipinski definition) is 3. The summed E-state index contributed by atoms with van der Waals surface area (Å²) in [6.45, 7) is 7.77. The highest BCUT2D eigenvalue weighted by Gasteiger charge is 2.35. The molecule has 3 saturated heterocycles. The zero-order valence-corrected chi connectivity index (χ0v) is 9.87. The minimum atomic E-state index is -0.571. The summed E-state index contributed by atoms with van der Waals surface area (Å²) in [7, 11) is 0. The molecule has 3 aliphatic rings. The maximum absolute atomic E-state index is 13.3. The second-order valence-electron chi connectivity index (χ2n) is 5.63. The third-order valence-electron chi connectivity index (χ3n) is 4.23. The van der Waals surface area contributed by atoms with Crippen LogP contribution in [0.3, 0.4) is 0 Å². The summed E-state index contributed by atoms with van der Waals surface area (Å²) in [5.41, 5.74) is 0. The average molecular weight is 227 g/mol. The molecule has 0 aromatic rings. The molecule has 3 aliphatic heterocycles. The summed E-state index contributed by atoms with van der Waals surface area (Å²) in [6.07, 6.45) is 1.25. The lowest BCUT2D eigenvalue weighted by atomic mass is 9.97. The van der Waals surface area contributed by atoms with E-state index in [0.717, 1.165) is 25.3 Å². The van der Waals surface area contributed by atoms with Crippen LogP contribution in [0, 0.1) is 5.92 Å². The van der Waals surface area contributed by atoms with Gasteiger partial charge in [0.15, 0.2) is 0 Å². The Morgan fingerprint density at radius 1 is 1.19 bits per heavy atom. The average Bonchev–Trinajstić information content (AvgIpc) is 2.12. The Hall–Kier alpha value is -0.190. The lowest BCUT2D eigenvalue weighted by molar-refractivity contribution is -0.00651. The molecule has 0 amide bonds. The van der Waals surface area contributed by atoms with Crippen LogP contribution < -0.4 is 5.32 Å². The first-order valence-electron chi connectivity index (χ1n) is 6.62. The molecule has 92 valence electrons. The van der Waals surface area contributed by atoms with Gasteiger partial charge in [-0.25, -0.2) is 4.39 Å². The van der Waals surface area contributed by atoms with Gasteiger partial charge in [-0.3, -0.25) is 9.80 Å². The predicted molar refractivity (Wildman–Crippen MR) is 62.3 cm³/mol. The summed E-state index contributed by atoms with van der Waals surface area (Å²) >= 11 is 0. The molecule has 1 atom stereocenters. The van der Waals surface area contributed by atoms with E-state index in [1.807, 2.05) is 0 Å². The Balaban J connectivity index is 1.38. The van der Waals surface area contributed by atoms with Gasteiger partial charge in [0.2, 0.25) is 0 Å². The first kappa shape index (κ1) is 10.9. The van der Waals surface area contributed by atoms with Crippen LogP contribution in [0.5, 0.6) is 0 Å². The summed E-state index contributed by atoms with van der Waals surface area (Å²) in [4.78, 5) is 4.89. The van der Waals surface area contributed by atoms with Crippen molar-refractivity contribution in [1.29, 1.82) is 0 Å². The molecule has 0 saturated carbocycles. The SMILES string of the molecule is FC1CCCN(C2CN(CC3CNC3)C2)C1. The van der Waals surface area contributed by atoms with Crippen molar-refractivity contribution < 1.29 is 4.39 Å². The van der Waals surface area contributed by atoms with Crippen molar-refractivity contribution in [2.75, 3.05) is 45.8 Å². The van der Waals surface area contributed by atoms with E-state index in [4.69, 9.17) is 0 Å². The molecule has 0 aromatic heterocycles. The van der Waals surface area contributed by atoms with Crippen LogP contribution in [0.4, 0.5) is 4.39 Å². The van der Waals surface area contributed by atoms with E-state index in [-0.39, 0.29) is 0 Å². The van der Waals surface area contributed by atoms with Gasteiger partial charge in [-0.1, -0.05) is 0 Å². The van der Waals surface area contributed by atoms with Gasteiger partial charge in [-0.2, -0.15) is 0 Å². The molecule has 1 N–H and O–H groups in total. The fraction of sp³-hybridized carbons (Fsp3) is 1.00. The maximum atomic E-state index is 13.3. The van der Waals surface area contributed by atoms with E-state index >= 15 is 0 Å². The molecule has 3 heterocycles. The van der Waals surface area contributed by atoms with E-state index < -0.39 is 6.17 Å². The summed E-state index contributed by atoms with van der Waals surface area (Å²) < 4.78 is 13.3. The van der Waals surface area contributed by atoms with Crippen LogP contribution in [0.25, 0.3) is 0 Å². The largest absolute Gasteiger partial charge is 0.316 e. The molecule has 3 nitrogen and oxygen atoms in total. The van der Waals surface area contributed by atoms with Crippen LogP contribution in [0.2, 0.25) is 0 Å². The highest BCUT2D eigenvalue weighted by Crippen LogP contribution is 2.22. The van der Waals surface area contributed by atoms with Gasteiger partial charge in [-0.05, 0) is 25.3 Å². The number of likely N-dealkylation sites (tertiary alicyclic amines) is 2. The molecule has 0 aromatic carbocycles. The summed E-state index contributed by atoms with van der Waals surface area (Å²) in [6, 6.07) is 0.645. The minimum Gasteiger partial charge on any atom is -0.316 e. The van der Waals surface area contributed by atoms with Gasteiger partial charge in [0, 0.05) is 45.3 Å². The van der Waals surface area contributed by atoms with Crippen molar-refractivity contribution in [2.45, 2.75) is 25.1 Å². The number of nitrogens with zero attached hydrogens (tertiary/aromatic N) is 2. The van der Waals surface area contributed by atoms with Gasteiger partial charge in [0.1, 0.15) is 6.17 Å². The van der Waals surface area contributed by atoms with Crippen molar-refractivity contribution in [3.05, 3.63) is 0 Å². The van der Waals surface area contributed by atoms with Gasteiger partial charge in [0.25, 0.3) is 0 Å². The predicted octanol–water partition coefficient (Wildman–Crippen LogP) is 0.324. The van der Waals surface area contributed by atoms with Gasteiger partial charge < -0.3 is 5.32 Å². The number of piperidine rings is 1. The number of alkyl halides is 1. The first-order chi connectivity index (χ1) is 7.81. The fourth-order valence-electron chi connectivity index (χ4n) is 3.05. The van der Waals surface area contributed by atoms with E-state index in [1.54, 1.807) is 0 Å². The molecule has 0 spiro atoms. The van der Waals surface area contributed by atoms with Crippen LogP contribution in [-0.2, 0) is 0 Å². The first-order valence-corrected chi connectivity index (χ1v) is 6.62. The smallest absolute Gasteiger partial charge is 0.113 e. The zero-order chi connectivity index (χ0) is 11.0. The van der Waals surface area contributed by atoms with Crippen molar-refractivity contribution in [2.24, 2.45) is 5.92 Å². The minimum absolute atomic E-state index is 0.571. The fourth-order valence-corrected chi connectivity index (χ4v) is 3.05. The Bertz CT molecular complexity index is 238. The molecular formula is C12H22FN3. The molecule has 0 bridgehead atoms. The Kier molecular flexibility index (Phi) is 3.14. The molecule has 3 fully saturated rings. The molecule has 0 aliphatic carbocycles. The molecule has 0 radical (unpaired) electrons. The summed E-state index contributed by atoms with van der Waals surface area (Å²) in [5, 5.41) is 3.31. The van der Waals surface area contributed by atoms with E-state index in [0.29, 0.717) is 12.6 Å². The third-order valence-corrected chi connectivity index (χ3v) is 4.23. The lowest BCUT2D eigenvalue weighted by Gasteiger charge is -2.49. The normalized spacial score (nSPS) is 34.7. The van der Waals surface area contributed by atoms with Crippen LogP contribution in [0.15, 0.2) is 0 Å². The standard InChI is InChI=1S/C12H22FN3/c13-11-2-1-3-16(7-11)12-8-15(9-12)6-10-4-14-5-10/h10-12,14H,1-9H2. The van der Waals surface area contributed by atoms with E-state index in [1.165, 1.54) is 32.7 Å². The molecule has 16 heavy (non-hydrogen) atoms. The highest BCUT2D eigenvalue weighted by atomic mass is 19.1. The molecule has 1 unspecified atom stereocenters. The van der Waals surface area contributed by atoms with Gasteiger partial charge in [0.05, 0.1) is 0 Å².